The zero-order valence-electron chi connectivity index (χ0n) is 11.4. The van der Waals surface area contributed by atoms with Gasteiger partial charge in [0, 0.05) is 16.8 Å². The molecule has 0 saturated heterocycles. The molecule has 0 aliphatic carbocycles. The van der Waals surface area contributed by atoms with Crippen molar-refractivity contribution in [1.29, 1.82) is 0 Å². The second-order valence-corrected chi connectivity index (χ2v) is 5.75. The van der Waals surface area contributed by atoms with Crippen LogP contribution in [0.4, 0.5) is 0 Å². The van der Waals surface area contributed by atoms with Gasteiger partial charge in [0.2, 0.25) is 0 Å². The minimum atomic E-state index is 0.872. The molecule has 20 heavy (non-hydrogen) atoms. The fraction of sp³-hybridized carbons (Fsp3) is 0.176. The van der Waals surface area contributed by atoms with E-state index in [-0.39, 0.29) is 0 Å². The van der Waals surface area contributed by atoms with E-state index in [9.17, 15) is 0 Å². The van der Waals surface area contributed by atoms with Crippen LogP contribution in [-0.4, -0.2) is 15.7 Å². The monoisotopic (exact) mass is 280 g/mol. The fourth-order valence-electron chi connectivity index (χ4n) is 2.18. The lowest BCUT2D eigenvalue weighted by molar-refractivity contribution is 0.966. The predicted octanol–water partition coefficient (Wildman–Crippen LogP) is 4.27. The molecular formula is C17H16N2S. The number of aromatic nitrogens is 2. The van der Waals surface area contributed by atoms with Crippen molar-refractivity contribution in [3.63, 3.8) is 0 Å². The zero-order chi connectivity index (χ0) is 13.8. The molecule has 0 saturated carbocycles. The van der Waals surface area contributed by atoms with Crippen LogP contribution in [0.15, 0.2) is 59.8 Å². The lowest BCUT2D eigenvalue weighted by Gasteiger charge is -2.05. The smallest absolute Gasteiger partial charge is 0.188 e. The summed E-state index contributed by atoms with van der Waals surface area (Å²) in [6.45, 7) is 2.05. The molecule has 2 aromatic carbocycles. The maximum Gasteiger partial charge on any atom is 0.188 e. The van der Waals surface area contributed by atoms with Crippen molar-refractivity contribution < 1.29 is 0 Å². The van der Waals surface area contributed by atoms with Crippen LogP contribution in [0.25, 0.3) is 10.9 Å². The molecule has 3 rings (SSSR count). The molecule has 0 aliphatic rings. The molecule has 0 unspecified atom stereocenters. The van der Waals surface area contributed by atoms with E-state index >= 15 is 0 Å². The third kappa shape index (κ3) is 2.99. The molecule has 2 nitrogen and oxygen atoms in total. The molecule has 1 aromatic heterocycles. The minimum Gasteiger partial charge on any atom is -0.227 e. The molecule has 0 fully saturated rings. The van der Waals surface area contributed by atoms with Crippen molar-refractivity contribution in [3.05, 3.63) is 65.9 Å². The molecule has 0 radical (unpaired) electrons. The van der Waals surface area contributed by atoms with Gasteiger partial charge in [0.05, 0.1) is 5.52 Å². The van der Waals surface area contributed by atoms with E-state index in [1.165, 1.54) is 5.56 Å². The molecule has 0 atom stereocenters. The fourth-order valence-corrected chi connectivity index (χ4v) is 3.06. The van der Waals surface area contributed by atoms with Gasteiger partial charge in [0.25, 0.3) is 0 Å². The van der Waals surface area contributed by atoms with Crippen LogP contribution in [-0.2, 0) is 6.42 Å². The van der Waals surface area contributed by atoms with Gasteiger partial charge in [0.1, 0.15) is 0 Å². The summed E-state index contributed by atoms with van der Waals surface area (Å²) in [6.07, 6.45) is 1.04. The number of aryl methyl sites for hydroxylation is 2. The molecule has 100 valence electrons. The maximum absolute atomic E-state index is 4.62. The number of thioether (sulfide) groups is 1. The summed E-state index contributed by atoms with van der Waals surface area (Å²) in [7, 11) is 0. The summed E-state index contributed by atoms with van der Waals surface area (Å²) in [5.74, 6) is 1.00. The van der Waals surface area contributed by atoms with Crippen LogP contribution in [0.1, 0.15) is 11.3 Å². The number of nitrogens with zero attached hydrogens (tertiary/aromatic N) is 2. The van der Waals surface area contributed by atoms with Crippen LogP contribution in [0.2, 0.25) is 0 Å². The Labute approximate surface area is 123 Å². The Hall–Kier alpha value is -1.87. The number of fused-ring (bicyclic) bond motifs is 1. The Balaban J connectivity index is 1.72. The zero-order valence-corrected chi connectivity index (χ0v) is 12.2. The van der Waals surface area contributed by atoms with Gasteiger partial charge in [-0.3, -0.25) is 0 Å². The van der Waals surface area contributed by atoms with E-state index in [2.05, 4.69) is 40.3 Å². The van der Waals surface area contributed by atoms with E-state index < -0.39 is 0 Å². The summed E-state index contributed by atoms with van der Waals surface area (Å²) >= 11 is 1.72. The van der Waals surface area contributed by atoms with Crippen molar-refractivity contribution >= 4 is 22.7 Å². The van der Waals surface area contributed by atoms with E-state index in [0.717, 1.165) is 33.9 Å². The van der Waals surface area contributed by atoms with Gasteiger partial charge < -0.3 is 0 Å². The lowest BCUT2D eigenvalue weighted by atomic mass is 10.2. The number of hydrogen-bond acceptors (Lipinski definition) is 3. The molecule has 0 amide bonds. The van der Waals surface area contributed by atoms with Crippen molar-refractivity contribution in [2.75, 3.05) is 5.75 Å². The average Bonchev–Trinajstić information content (AvgIpc) is 2.48. The number of para-hydroxylation sites is 1. The first-order chi connectivity index (χ1) is 9.83. The first kappa shape index (κ1) is 13.1. The van der Waals surface area contributed by atoms with Gasteiger partial charge >= 0.3 is 0 Å². The van der Waals surface area contributed by atoms with Crippen LogP contribution in [0, 0.1) is 6.92 Å². The highest BCUT2D eigenvalue weighted by molar-refractivity contribution is 7.99. The van der Waals surface area contributed by atoms with E-state index in [1.807, 2.05) is 31.2 Å². The summed E-state index contributed by atoms with van der Waals surface area (Å²) in [5, 5.41) is 2.01. The highest BCUT2D eigenvalue weighted by Gasteiger charge is 2.04. The van der Waals surface area contributed by atoms with Crippen molar-refractivity contribution in [2.24, 2.45) is 0 Å². The first-order valence-corrected chi connectivity index (χ1v) is 7.71. The van der Waals surface area contributed by atoms with Crippen LogP contribution >= 0.6 is 11.8 Å². The average molecular weight is 280 g/mol. The number of rotatable bonds is 4. The molecule has 0 spiro atoms. The third-order valence-electron chi connectivity index (χ3n) is 3.24. The van der Waals surface area contributed by atoms with Gasteiger partial charge in [-0.1, -0.05) is 60.3 Å². The summed E-state index contributed by atoms with van der Waals surface area (Å²) in [4.78, 5) is 9.20. The van der Waals surface area contributed by atoms with Gasteiger partial charge in [-0.15, -0.1) is 0 Å². The van der Waals surface area contributed by atoms with Gasteiger partial charge in [-0.2, -0.15) is 0 Å². The molecule has 1 heterocycles. The van der Waals surface area contributed by atoms with E-state index in [1.54, 1.807) is 11.8 Å². The Morgan fingerprint density at radius 3 is 2.50 bits per heavy atom. The minimum absolute atomic E-state index is 0.872. The Morgan fingerprint density at radius 1 is 0.900 bits per heavy atom. The largest absolute Gasteiger partial charge is 0.227 e. The van der Waals surface area contributed by atoms with Crippen LogP contribution in [0.5, 0.6) is 0 Å². The van der Waals surface area contributed by atoms with E-state index in [4.69, 9.17) is 0 Å². The van der Waals surface area contributed by atoms with E-state index in [0.29, 0.717) is 0 Å². The quantitative estimate of drug-likeness (QED) is 0.527. The van der Waals surface area contributed by atoms with Crippen molar-refractivity contribution in [1.82, 2.24) is 9.97 Å². The Bertz CT molecular complexity index is 711. The summed E-state index contributed by atoms with van der Waals surface area (Å²) in [5.41, 5.74) is 3.44. The Kier molecular flexibility index (Phi) is 3.97. The van der Waals surface area contributed by atoms with Crippen LogP contribution < -0.4 is 0 Å². The molecule has 0 N–H and O–H groups in total. The van der Waals surface area contributed by atoms with Crippen molar-refractivity contribution in [2.45, 2.75) is 18.5 Å². The molecule has 0 aliphatic heterocycles. The number of benzene rings is 2. The lowest BCUT2D eigenvalue weighted by Crippen LogP contribution is -1.95. The first-order valence-electron chi connectivity index (χ1n) is 6.73. The SMILES string of the molecule is Cc1nc(SCCc2ccccc2)nc2ccccc12. The highest BCUT2D eigenvalue weighted by Crippen LogP contribution is 2.21. The van der Waals surface area contributed by atoms with Gasteiger partial charge in [0.15, 0.2) is 5.16 Å². The third-order valence-corrected chi connectivity index (χ3v) is 4.09. The van der Waals surface area contributed by atoms with Gasteiger partial charge in [-0.25, -0.2) is 9.97 Å². The molecular weight excluding hydrogens is 264 g/mol. The maximum atomic E-state index is 4.62. The second-order valence-electron chi connectivity index (χ2n) is 4.69. The topological polar surface area (TPSA) is 25.8 Å². The predicted molar refractivity (Wildman–Crippen MR) is 85.1 cm³/mol. The second kappa shape index (κ2) is 6.06. The molecule has 3 aromatic rings. The van der Waals surface area contributed by atoms with Crippen LogP contribution in [0.3, 0.4) is 0 Å². The highest BCUT2D eigenvalue weighted by atomic mass is 32.2. The summed E-state index contributed by atoms with van der Waals surface area (Å²) in [6, 6.07) is 18.7. The molecule has 0 bridgehead atoms. The van der Waals surface area contributed by atoms with Gasteiger partial charge in [-0.05, 0) is 25.0 Å². The molecule has 3 heteroatoms. The standard InChI is InChI=1S/C17H16N2S/c1-13-15-9-5-6-10-16(15)19-17(18-13)20-12-11-14-7-3-2-4-8-14/h2-10H,11-12H2,1H3. The number of hydrogen-bond donors (Lipinski definition) is 0. The normalized spacial score (nSPS) is 10.8. The summed E-state index contributed by atoms with van der Waals surface area (Å²) < 4.78 is 0. The van der Waals surface area contributed by atoms with Crippen molar-refractivity contribution in [3.8, 4) is 0 Å². The Morgan fingerprint density at radius 2 is 1.65 bits per heavy atom.